The summed E-state index contributed by atoms with van der Waals surface area (Å²) >= 11 is 0. The van der Waals surface area contributed by atoms with Crippen LogP contribution >= 0.6 is 0 Å². The molecule has 2 amide bonds. The molecule has 6 heteroatoms. The van der Waals surface area contributed by atoms with E-state index in [0.717, 1.165) is 0 Å². The molecule has 3 N–H and O–H groups in total. The van der Waals surface area contributed by atoms with E-state index in [4.69, 9.17) is 5.11 Å². The van der Waals surface area contributed by atoms with Crippen molar-refractivity contribution >= 4 is 23.5 Å². The molecule has 1 rings (SSSR count). The van der Waals surface area contributed by atoms with Crippen molar-refractivity contribution in [3.05, 3.63) is 29.8 Å². The first kappa shape index (κ1) is 16.7. The number of rotatable bonds is 6. The van der Waals surface area contributed by atoms with Gasteiger partial charge in [0.05, 0.1) is 0 Å². The minimum Gasteiger partial charge on any atom is -0.480 e. The molecule has 21 heavy (non-hydrogen) atoms. The Morgan fingerprint density at radius 2 is 1.90 bits per heavy atom. The molecular weight excluding hydrogens is 272 g/mol. The summed E-state index contributed by atoms with van der Waals surface area (Å²) in [7, 11) is 0. The van der Waals surface area contributed by atoms with Crippen LogP contribution in [0.4, 0.5) is 5.69 Å². The van der Waals surface area contributed by atoms with Crippen LogP contribution in [0.2, 0.25) is 0 Å². The number of anilines is 1. The predicted octanol–water partition coefficient (Wildman–Crippen LogP) is 1.87. The Balaban J connectivity index is 2.82. The Labute approximate surface area is 123 Å². The van der Waals surface area contributed by atoms with Crippen LogP contribution in [0.25, 0.3) is 0 Å². The maximum absolute atomic E-state index is 12.1. The zero-order chi connectivity index (χ0) is 16.0. The average Bonchev–Trinajstić information content (AvgIpc) is 2.36. The largest absolute Gasteiger partial charge is 0.480 e. The van der Waals surface area contributed by atoms with Crippen LogP contribution in [-0.2, 0) is 9.59 Å². The Bertz CT molecular complexity index is 540. The fourth-order valence-electron chi connectivity index (χ4n) is 1.88. The Morgan fingerprint density at radius 1 is 1.24 bits per heavy atom. The molecule has 1 atom stereocenters. The Morgan fingerprint density at radius 3 is 2.43 bits per heavy atom. The van der Waals surface area contributed by atoms with E-state index in [1.165, 1.54) is 13.0 Å². The van der Waals surface area contributed by atoms with Crippen molar-refractivity contribution in [2.75, 3.05) is 5.32 Å². The summed E-state index contributed by atoms with van der Waals surface area (Å²) < 4.78 is 0. The Kier molecular flexibility index (Phi) is 5.90. The molecular formula is C15H20N2O4. The summed E-state index contributed by atoms with van der Waals surface area (Å²) in [6.45, 7) is 5.15. The number of carbonyl (C=O) groups is 3. The van der Waals surface area contributed by atoms with Gasteiger partial charge in [0, 0.05) is 18.2 Å². The van der Waals surface area contributed by atoms with Crippen molar-refractivity contribution < 1.29 is 19.5 Å². The first-order valence-electron chi connectivity index (χ1n) is 6.71. The number of carboxylic acids is 1. The first-order valence-corrected chi connectivity index (χ1v) is 6.71. The van der Waals surface area contributed by atoms with E-state index in [1.54, 1.807) is 18.2 Å². The highest BCUT2D eigenvalue weighted by Crippen LogP contribution is 2.12. The number of hydrogen-bond donors (Lipinski definition) is 3. The molecule has 1 unspecified atom stereocenters. The fourth-order valence-corrected chi connectivity index (χ4v) is 1.88. The molecule has 0 radical (unpaired) electrons. The second-order valence-electron chi connectivity index (χ2n) is 5.26. The van der Waals surface area contributed by atoms with Gasteiger partial charge >= 0.3 is 5.97 Å². The maximum atomic E-state index is 12.1. The number of amides is 2. The van der Waals surface area contributed by atoms with Gasteiger partial charge in [0.1, 0.15) is 6.04 Å². The van der Waals surface area contributed by atoms with Crippen molar-refractivity contribution in [2.45, 2.75) is 33.2 Å². The maximum Gasteiger partial charge on any atom is 0.326 e. The summed E-state index contributed by atoms with van der Waals surface area (Å²) in [5.74, 6) is -1.63. The quantitative estimate of drug-likeness (QED) is 0.746. The first-order chi connectivity index (χ1) is 9.79. The highest BCUT2D eigenvalue weighted by molar-refractivity contribution is 5.98. The van der Waals surface area contributed by atoms with Crippen molar-refractivity contribution in [1.82, 2.24) is 5.32 Å². The van der Waals surface area contributed by atoms with Crippen molar-refractivity contribution in [2.24, 2.45) is 5.92 Å². The molecule has 0 bridgehead atoms. The van der Waals surface area contributed by atoms with E-state index >= 15 is 0 Å². The SMILES string of the molecule is CC(=O)Nc1cccc(C(=O)NC(CC(C)C)C(=O)O)c1. The van der Waals surface area contributed by atoms with Gasteiger partial charge in [0.2, 0.25) is 5.91 Å². The van der Waals surface area contributed by atoms with Crippen molar-refractivity contribution in [1.29, 1.82) is 0 Å². The van der Waals surface area contributed by atoms with Gasteiger partial charge in [-0.2, -0.15) is 0 Å². The number of nitrogens with one attached hydrogen (secondary N) is 2. The molecule has 0 aromatic heterocycles. The molecule has 0 saturated carbocycles. The lowest BCUT2D eigenvalue weighted by atomic mass is 10.0. The van der Waals surface area contributed by atoms with Crippen LogP contribution in [0, 0.1) is 5.92 Å². The zero-order valence-electron chi connectivity index (χ0n) is 12.3. The van der Waals surface area contributed by atoms with Crippen LogP contribution in [0.1, 0.15) is 37.6 Å². The highest BCUT2D eigenvalue weighted by Gasteiger charge is 2.21. The monoisotopic (exact) mass is 292 g/mol. The Hall–Kier alpha value is -2.37. The van der Waals surface area contributed by atoms with Crippen LogP contribution in [0.15, 0.2) is 24.3 Å². The summed E-state index contributed by atoms with van der Waals surface area (Å²) in [5, 5.41) is 14.2. The third kappa shape index (κ3) is 5.64. The van der Waals surface area contributed by atoms with Gasteiger partial charge in [-0.15, -0.1) is 0 Å². The third-order valence-electron chi connectivity index (χ3n) is 2.76. The van der Waals surface area contributed by atoms with Gasteiger partial charge in [-0.1, -0.05) is 19.9 Å². The molecule has 1 aromatic rings. The normalized spacial score (nSPS) is 11.8. The number of hydrogen-bond acceptors (Lipinski definition) is 3. The topological polar surface area (TPSA) is 95.5 Å². The summed E-state index contributed by atoms with van der Waals surface area (Å²) in [6, 6.07) is 5.42. The lowest BCUT2D eigenvalue weighted by Gasteiger charge is -2.16. The average molecular weight is 292 g/mol. The van der Waals surface area contributed by atoms with E-state index in [9.17, 15) is 14.4 Å². The molecule has 0 heterocycles. The lowest BCUT2D eigenvalue weighted by Crippen LogP contribution is -2.41. The molecule has 0 aliphatic carbocycles. The van der Waals surface area contributed by atoms with Crippen LogP contribution < -0.4 is 10.6 Å². The standard InChI is InChI=1S/C15H20N2O4/c1-9(2)7-13(15(20)21)17-14(19)11-5-4-6-12(8-11)16-10(3)18/h4-6,8-9,13H,7H2,1-3H3,(H,16,18)(H,17,19)(H,20,21). The predicted molar refractivity (Wildman–Crippen MR) is 79.1 cm³/mol. The molecule has 0 aliphatic rings. The summed E-state index contributed by atoms with van der Waals surface area (Å²) in [4.78, 5) is 34.2. The molecule has 0 fully saturated rings. The van der Waals surface area contributed by atoms with E-state index in [2.05, 4.69) is 10.6 Å². The van der Waals surface area contributed by atoms with Crippen LogP contribution in [0.3, 0.4) is 0 Å². The zero-order valence-corrected chi connectivity index (χ0v) is 12.3. The number of carboxylic acid groups (broad SMARTS) is 1. The fraction of sp³-hybridized carbons (Fsp3) is 0.400. The molecule has 0 aliphatic heterocycles. The number of carbonyl (C=O) groups excluding carboxylic acids is 2. The second kappa shape index (κ2) is 7.42. The minimum atomic E-state index is -1.06. The summed E-state index contributed by atoms with van der Waals surface area (Å²) in [6.07, 6.45) is 0.354. The van der Waals surface area contributed by atoms with Crippen LogP contribution in [0.5, 0.6) is 0 Å². The molecule has 0 spiro atoms. The van der Waals surface area contributed by atoms with Crippen molar-refractivity contribution in [3.8, 4) is 0 Å². The van der Waals surface area contributed by atoms with E-state index in [-0.39, 0.29) is 11.8 Å². The van der Waals surface area contributed by atoms with Gasteiger partial charge < -0.3 is 15.7 Å². The second-order valence-corrected chi connectivity index (χ2v) is 5.26. The van der Waals surface area contributed by atoms with Gasteiger partial charge in [-0.25, -0.2) is 4.79 Å². The molecule has 0 saturated heterocycles. The molecule has 114 valence electrons. The number of aliphatic carboxylic acids is 1. The third-order valence-corrected chi connectivity index (χ3v) is 2.76. The smallest absolute Gasteiger partial charge is 0.326 e. The summed E-state index contributed by atoms with van der Waals surface area (Å²) in [5.41, 5.74) is 0.794. The minimum absolute atomic E-state index is 0.150. The number of benzene rings is 1. The lowest BCUT2D eigenvalue weighted by molar-refractivity contribution is -0.139. The van der Waals surface area contributed by atoms with Gasteiger partial charge in [-0.05, 0) is 30.5 Å². The van der Waals surface area contributed by atoms with E-state index in [0.29, 0.717) is 17.7 Å². The molecule has 1 aromatic carbocycles. The van der Waals surface area contributed by atoms with Crippen LogP contribution in [-0.4, -0.2) is 28.9 Å². The van der Waals surface area contributed by atoms with Gasteiger partial charge in [0.25, 0.3) is 5.91 Å². The molecule has 6 nitrogen and oxygen atoms in total. The van der Waals surface area contributed by atoms with E-state index in [1.807, 2.05) is 13.8 Å². The van der Waals surface area contributed by atoms with Gasteiger partial charge in [-0.3, -0.25) is 9.59 Å². The van der Waals surface area contributed by atoms with E-state index < -0.39 is 17.9 Å². The highest BCUT2D eigenvalue weighted by atomic mass is 16.4. The van der Waals surface area contributed by atoms with Crippen molar-refractivity contribution in [3.63, 3.8) is 0 Å². The van der Waals surface area contributed by atoms with Gasteiger partial charge in [0.15, 0.2) is 0 Å².